The Morgan fingerprint density at radius 3 is 2.47 bits per heavy atom. The number of hydrogen-bond acceptors (Lipinski definition) is 7. The molecule has 2 unspecified atom stereocenters. The highest BCUT2D eigenvalue weighted by Gasteiger charge is 2.26. The second-order valence-electron chi connectivity index (χ2n) is 8.04. The number of hydrogen-bond donors (Lipinski definition) is 1. The standard InChI is InChI=1S/C22H26FN3O5S/c1-13(2)20-18(10-9-17-11-16(27)12-19(28)31-17)21(14-5-7-15(23)8-6-14)25-22(24-20)26(3)32(4,29)30/h5-10,13,16-17,27H,11-12H2,1-4H3/b10-9+. The quantitative estimate of drug-likeness (QED) is 0.656. The van der Waals surface area contributed by atoms with Crippen molar-refractivity contribution in [1.29, 1.82) is 0 Å². The van der Waals surface area contributed by atoms with Crippen molar-refractivity contribution in [3.05, 3.63) is 47.4 Å². The topological polar surface area (TPSA) is 110 Å². The molecule has 1 fully saturated rings. The van der Waals surface area contributed by atoms with Crippen LogP contribution in [0.2, 0.25) is 0 Å². The molecule has 0 aliphatic carbocycles. The summed E-state index contributed by atoms with van der Waals surface area (Å²) in [4.78, 5) is 20.6. The van der Waals surface area contributed by atoms with Crippen LogP contribution in [0.1, 0.15) is 43.9 Å². The molecule has 1 N–H and O–H groups in total. The first-order chi connectivity index (χ1) is 15.0. The number of carbonyl (C=O) groups is 1. The van der Waals surface area contributed by atoms with Crippen molar-refractivity contribution in [1.82, 2.24) is 9.97 Å². The Labute approximate surface area is 186 Å². The predicted octanol–water partition coefficient (Wildman–Crippen LogP) is 2.88. The van der Waals surface area contributed by atoms with E-state index in [9.17, 15) is 22.7 Å². The predicted molar refractivity (Wildman–Crippen MR) is 119 cm³/mol. The number of anilines is 1. The van der Waals surface area contributed by atoms with Crippen LogP contribution in [0.15, 0.2) is 30.3 Å². The molecule has 8 nitrogen and oxygen atoms in total. The Hall–Kier alpha value is -2.85. The summed E-state index contributed by atoms with van der Waals surface area (Å²) in [6.45, 7) is 3.81. The average Bonchev–Trinajstić information content (AvgIpc) is 2.70. The summed E-state index contributed by atoms with van der Waals surface area (Å²) in [6, 6.07) is 5.68. The number of benzene rings is 1. The van der Waals surface area contributed by atoms with Crippen LogP contribution < -0.4 is 4.31 Å². The van der Waals surface area contributed by atoms with Crippen molar-refractivity contribution in [3.63, 3.8) is 0 Å². The minimum Gasteiger partial charge on any atom is -0.458 e. The number of sulfonamides is 1. The number of nitrogens with zero attached hydrogens (tertiary/aromatic N) is 3. The number of halogens is 1. The van der Waals surface area contributed by atoms with Crippen LogP contribution in [0.25, 0.3) is 17.3 Å². The molecular formula is C22H26FN3O5S. The molecule has 0 amide bonds. The molecule has 1 aliphatic rings. The Bertz CT molecular complexity index is 1130. The van der Waals surface area contributed by atoms with E-state index in [0.29, 0.717) is 22.5 Å². The molecule has 0 bridgehead atoms. The van der Waals surface area contributed by atoms with E-state index in [1.807, 2.05) is 13.8 Å². The van der Waals surface area contributed by atoms with Crippen molar-refractivity contribution in [2.45, 2.75) is 44.8 Å². The third kappa shape index (κ3) is 5.49. The maximum absolute atomic E-state index is 13.5. The molecule has 2 aromatic rings. The van der Waals surface area contributed by atoms with Gasteiger partial charge in [-0.2, -0.15) is 0 Å². The van der Waals surface area contributed by atoms with Crippen LogP contribution in [0.5, 0.6) is 0 Å². The van der Waals surface area contributed by atoms with Gasteiger partial charge in [0.15, 0.2) is 0 Å². The van der Waals surface area contributed by atoms with Crippen LogP contribution in [-0.4, -0.2) is 55.0 Å². The lowest BCUT2D eigenvalue weighted by atomic mass is 9.97. The highest BCUT2D eigenvalue weighted by atomic mass is 32.2. The van der Waals surface area contributed by atoms with Crippen molar-refractivity contribution >= 4 is 28.0 Å². The number of ether oxygens (including phenoxy) is 1. The van der Waals surface area contributed by atoms with Gasteiger partial charge in [0.05, 0.1) is 30.2 Å². The normalized spacial score (nSPS) is 19.4. The number of carbonyl (C=O) groups excluding carboxylic acids is 1. The molecule has 2 heterocycles. The van der Waals surface area contributed by atoms with Gasteiger partial charge in [-0.05, 0) is 36.3 Å². The molecule has 1 aromatic carbocycles. The van der Waals surface area contributed by atoms with E-state index in [1.165, 1.54) is 19.2 Å². The van der Waals surface area contributed by atoms with E-state index in [0.717, 1.165) is 10.6 Å². The molecule has 1 saturated heterocycles. The van der Waals surface area contributed by atoms with Gasteiger partial charge in [-0.15, -0.1) is 0 Å². The highest BCUT2D eigenvalue weighted by molar-refractivity contribution is 7.92. The Kier molecular flexibility index (Phi) is 6.94. The third-order valence-electron chi connectivity index (χ3n) is 5.07. The van der Waals surface area contributed by atoms with Gasteiger partial charge >= 0.3 is 5.97 Å². The van der Waals surface area contributed by atoms with E-state index in [1.54, 1.807) is 24.3 Å². The van der Waals surface area contributed by atoms with E-state index in [-0.39, 0.29) is 24.7 Å². The first kappa shape index (κ1) is 23.8. The second kappa shape index (κ2) is 9.33. The van der Waals surface area contributed by atoms with Crippen molar-refractivity contribution in [2.75, 3.05) is 17.6 Å². The zero-order chi connectivity index (χ0) is 23.6. The van der Waals surface area contributed by atoms with Gasteiger partial charge in [0.1, 0.15) is 11.9 Å². The van der Waals surface area contributed by atoms with Gasteiger partial charge < -0.3 is 9.84 Å². The fourth-order valence-electron chi connectivity index (χ4n) is 3.33. The van der Waals surface area contributed by atoms with Gasteiger partial charge in [-0.3, -0.25) is 4.79 Å². The molecule has 0 spiro atoms. The van der Waals surface area contributed by atoms with Gasteiger partial charge in [-0.25, -0.2) is 27.1 Å². The van der Waals surface area contributed by atoms with Crippen molar-refractivity contribution in [3.8, 4) is 11.3 Å². The fourth-order valence-corrected chi connectivity index (χ4v) is 3.70. The number of cyclic esters (lactones) is 1. The molecule has 10 heteroatoms. The molecule has 1 aliphatic heterocycles. The van der Waals surface area contributed by atoms with Crippen LogP contribution in [-0.2, 0) is 19.6 Å². The summed E-state index contributed by atoms with van der Waals surface area (Å²) in [5.74, 6) is -1.02. The monoisotopic (exact) mass is 463 g/mol. The number of rotatable bonds is 6. The van der Waals surface area contributed by atoms with Crippen LogP contribution in [0.4, 0.5) is 10.3 Å². The second-order valence-corrected chi connectivity index (χ2v) is 10.1. The molecule has 1 aromatic heterocycles. The average molecular weight is 464 g/mol. The maximum Gasteiger partial charge on any atom is 0.309 e. The highest BCUT2D eigenvalue weighted by Crippen LogP contribution is 2.32. The lowest BCUT2D eigenvalue weighted by molar-refractivity contribution is -0.156. The van der Waals surface area contributed by atoms with Gasteiger partial charge in [0, 0.05) is 24.6 Å². The number of aliphatic hydroxyl groups is 1. The van der Waals surface area contributed by atoms with Gasteiger partial charge in [0.25, 0.3) is 0 Å². The van der Waals surface area contributed by atoms with Gasteiger partial charge in [-0.1, -0.05) is 19.9 Å². The molecule has 32 heavy (non-hydrogen) atoms. The molecule has 2 atom stereocenters. The third-order valence-corrected chi connectivity index (χ3v) is 6.23. The van der Waals surface area contributed by atoms with Crippen molar-refractivity contribution < 1.29 is 27.4 Å². The molecule has 0 radical (unpaired) electrons. The van der Waals surface area contributed by atoms with E-state index >= 15 is 0 Å². The molecule has 172 valence electrons. The largest absolute Gasteiger partial charge is 0.458 e. The number of aromatic nitrogens is 2. The van der Waals surface area contributed by atoms with Crippen LogP contribution in [0, 0.1) is 5.82 Å². The molecule has 0 saturated carbocycles. The lowest BCUT2D eigenvalue weighted by Gasteiger charge is -2.24. The first-order valence-corrected chi connectivity index (χ1v) is 12.0. The first-order valence-electron chi connectivity index (χ1n) is 10.1. The summed E-state index contributed by atoms with van der Waals surface area (Å²) >= 11 is 0. The summed E-state index contributed by atoms with van der Waals surface area (Å²) in [6.07, 6.45) is 3.23. The molecular weight excluding hydrogens is 437 g/mol. The van der Waals surface area contributed by atoms with E-state index < -0.39 is 34.0 Å². The summed E-state index contributed by atoms with van der Waals surface area (Å²) < 4.78 is 44.0. The number of esters is 1. The Balaban J connectivity index is 2.17. The van der Waals surface area contributed by atoms with E-state index in [2.05, 4.69) is 9.97 Å². The minimum atomic E-state index is -3.61. The van der Waals surface area contributed by atoms with Crippen LogP contribution >= 0.6 is 0 Å². The van der Waals surface area contributed by atoms with Crippen molar-refractivity contribution in [2.24, 2.45) is 0 Å². The smallest absolute Gasteiger partial charge is 0.309 e. The zero-order valence-electron chi connectivity index (χ0n) is 18.3. The summed E-state index contributed by atoms with van der Waals surface area (Å²) in [7, 11) is -2.25. The zero-order valence-corrected chi connectivity index (χ0v) is 19.1. The maximum atomic E-state index is 13.5. The summed E-state index contributed by atoms with van der Waals surface area (Å²) in [5, 5.41) is 9.86. The SMILES string of the molecule is CC(C)c1nc(N(C)S(C)(=O)=O)nc(-c2ccc(F)cc2)c1/C=C/C1CC(O)CC(=O)O1. The summed E-state index contributed by atoms with van der Waals surface area (Å²) in [5.41, 5.74) is 2.14. The van der Waals surface area contributed by atoms with Gasteiger partial charge in [0.2, 0.25) is 16.0 Å². The van der Waals surface area contributed by atoms with Crippen LogP contribution in [0.3, 0.4) is 0 Å². The minimum absolute atomic E-state index is 0.00723. The Morgan fingerprint density at radius 2 is 1.91 bits per heavy atom. The number of aliphatic hydroxyl groups excluding tert-OH is 1. The fraction of sp³-hybridized carbons (Fsp3) is 0.409. The molecule has 3 rings (SSSR count). The lowest BCUT2D eigenvalue weighted by Crippen LogP contribution is -2.31. The van der Waals surface area contributed by atoms with E-state index in [4.69, 9.17) is 4.74 Å². The Morgan fingerprint density at radius 1 is 1.25 bits per heavy atom.